The number of rotatable bonds is 4. The van der Waals surface area contributed by atoms with E-state index in [4.69, 9.17) is 9.72 Å². The number of benzene rings is 3. The predicted molar refractivity (Wildman–Crippen MR) is 118 cm³/mol. The van der Waals surface area contributed by atoms with Crippen molar-refractivity contribution in [1.82, 2.24) is 4.98 Å². The molecule has 5 nitrogen and oxygen atoms in total. The van der Waals surface area contributed by atoms with E-state index in [1.807, 2.05) is 48.5 Å². The number of ether oxygens (including phenoxy) is 2. The highest BCUT2D eigenvalue weighted by molar-refractivity contribution is 9.10. The van der Waals surface area contributed by atoms with Gasteiger partial charge in [-0.05, 0) is 48.5 Å². The molecule has 148 valence electrons. The van der Waals surface area contributed by atoms with Crippen molar-refractivity contribution in [2.24, 2.45) is 0 Å². The van der Waals surface area contributed by atoms with Crippen LogP contribution in [0, 0.1) is 0 Å². The van der Waals surface area contributed by atoms with Crippen LogP contribution in [0.5, 0.6) is 5.75 Å². The normalized spacial score (nSPS) is 10.6. The molecule has 3 aromatic carbocycles. The molecule has 0 N–H and O–H groups in total. The van der Waals surface area contributed by atoms with Gasteiger partial charge in [0.2, 0.25) is 0 Å². The standard InChI is InChI=1S/C24H16BrNO4/c1-29-23(27)16-8-12-18(13-9-16)30-24(28)20-14-22(15-6-10-17(25)11-7-15)26-21-5-3-2-4-19(20)21/h2-14H,1H3. The van der Waals surface area contributed by atoms with Gasteiger partial charge in [-0.2, -0.15) is 0 Å². The van der Waals surface area contributed by atoms with Crippen LogP contribution in [0.4, 0.5) is 0 Å². The first-order chi connectivity index (χ1) is 14.5. The number of hydrogen-bond acceptors (Lipinski definition) is 5. The molecule has 0 amide bonds. The fourth-order valence-electron chi connectivity index (χ4n) is 3.05. The number of carbonyl (C=O) groups excluding carboxylic acids is 2. The van der Waals surface area contributed by atoms with E-state index >= 15 is 0 Å². The van der Waals surface area contributed by atoms with E-state index in [1.54, 1.807) is 30.3 Å². The Hall–Kier alpha value is -3.51. The minimum Gasteiger partial charge on any atom is -0.465 e. The van der Waals surface area contributed by atoms with Crippen LogP contribution in [0.2, 0.25) is 0 Å². The predicted octanol–water partition coefficient (Wildman–Crippen LogP) is 5.67. The number of esters is 2. The van der Waals surface area contributed by atoms with Crippen molar-refractivity contribution < 1.29 is 19.1 Å². The number of pyridine rings is 1. The van der Waals surface area contributed by atoms with Crippen molar-refractivity contribution in [3.05, 3.63) is 94.5 Å². The number of carbonyl (C=O) groups is 2. The van der Waals surface area contributed by atoms with Crippen LogP contribution in [0.25, 0.3) is 22.2 Å². The molecule has 1 aromatic heterocycles. The maximum absolute atomic E-state index is 13.0. The third-order valence-electron chi connectivity index (χ3n) is 4.56. The molecule has 0 radical (unpaired) electrons. The van der Waals surface area contributed by atoms with Gasteiger partial charge < -0.3 is 9.47 Å². The van der Waals surface area contributed by atoms with E-state index in [1.165, 1.54) is 7.11 Å². The zero-order valence-corrected chi connectivity index (χ0v) is 17.5. The van der Waals surface area contributed by atoms with E-state index in [0.29, 0.717) is 33.5 Å². The molecule has 0 unspecified atom stereocenters. The molecule has 4 aromatic rings. The second kappa shape index (κ2) is 8.47. The lowest BCUT2D eigenvalue weighted by Gasteiger charge is -2.10. The quantitative estimate of drug-likeness (QED) is 0.289. The van der Waals surface area contributed by atoms with Crippen molar-refractivity contribution in [3.63, 3.8) is 0 Å². The molecule has 0 spiro atoms. The summed E-state index contributed by atoms with van der Waals surface area (Å²) in [6.45, 7) is 0. The van der Waals surface area contributed by atoms with Crippen molar-refractivity contribution >= 4 is 38.8 Å². The molecule has 0 saturated heterocycles. The number of nitrogens with zero attached hydrogens (tertiary/aromatic N) is 1. The van der Waals surface area contributed by atoms with Gasteiger partial charge in [-0.25, -0.2) is 14.6 Å². The van der Waals surface area contributed by atoms with E-state index < -0.39 is 11.9 Å². The largest absolute Gasteiger partial charge is 0.465 e. The maximum Gasteiger partial charge on any atom is 0.344 e. The Morgan fingerprint density at radius 1 is 0.867 bits per heavy atom. The lowest BCUT2D eigenvalue weighted by molar-refractivity contribution is 0.0600. The van der Waals surface area contributed by atoms with Crippen LogP contribution in [-0.2, 0) is 4.74 Å². The van der Waals surface area contributed by atoms with Crippen LogP contribution < -0.4 is 4.74 Å². The zero-order valence-electron chi connectivity index (χ0n) is 16.0. The first-order valence-corrected chi connectivity index (χ1v) is 9.91. The molecule has 0 atom stereocenters. The molecule has 0 bridgehead atoms. The number of para-hydroxylation sites is 1. The van der Waals surface area contributed by atoms with Crippen LogP contribution in [0.1, 0.15) is 20.7 Å². The topological polar surface area (TPSA) is 65.5 Å². The fraction of sp³-hybridized carbons (Fsp3) is 0.0417. The highest BCUT2D eigenvalue weighted by Crippen LogP contribution is 2.27. The Bertz CT molecular complexity index is 1230. The highest BCUT2D eigenvalue weighted by Gasteiger charge is 2.16. The Morgan fingerprint density at radius 2 is 1.57 bits per heavy atom. The summed E-state index contributed by atoms with van der Waals surface area (Å²) in [5.74, 6) is -0.622. The summed E-state index contributed by atoms with van der Waals surface area (Å²) in [5, 5.41) is 0.703. The van der Waals surface area contributed by atoms with Gasteiger partial charge in [0.25, 0.3) is 0 Å². The maximum atomic E-state index is 13.0. The van der Waals surface area contributed by atoms with E-state index in [2.05, 4.69) is 20.7 Å². The summed E-state index contributed by atoms with van der Waals surface area (Å²) in [5.41, 5.74) is 3.06. The summed E-state index contributed by atoms with van der Waals surface area (Å²) in [4.78, 5) is 29.3. The first kappa shape index (κ1) is 19.8. The van der Waals surface area contributed by atoms with Crippen molar-refractivity contribution in [3.8, 4) is 17.0 Å². The lowest BCUT2D eigenvalue weighted by Crippen LogP contribution is -2.10. The molecule has 30 heavy (non-hydrogen) atoms. The van der Waals surface area contributed by atoms with E-state index in [9.17, 15) is 9.59 Å². The first-order valence-electron chi connectivity index (χ1n) is 9.11. The van der Waals surface area contributed by atoms with Gasteiger partial charge in [0.05, 0.1) is 29.4 Å². The van der Waals surface area contributed by atoms with Gasteiger partial charge in [-0.1, -0.05) is 46.3 Å². The second-order valence-electron chi connectivity index (χ2n) is 6.48. The summed E-state index contributed by atoms with van der Waals surface area (Å²) in [7, 11) is 1.31. The van der Waals surface area contributed by atoms with Crippen LogP contribution in [0.3, 0.4) is 0 Å². The molecular formula is C24H16BrNO4. The summed E-state index contributed by atoms with van der Waals surface area (Å²) < 4.78 is 11.2. The number of halogens is 1. The minimum atomic E-state index is -0.502. The summed E-state index contributed by atoms with van der Waals surface area (Å²) >= 11 is 3.43. The zero-order chi connectivity index (χ0) is 21.1. The number of methoxy groups -OCH3 is 1. The summed E-state index contributed by atoms with van der Waals surface area (Å²) in [6, 6.07) is 23.1. The average Bonchev–Trinajstić information content (AvgIpc) is 2.78. The average molecular weight is 462 g/mol. The van der Waals surface area contributed by atoms with Crippen LogP contribution >= 0.6 is 15.9 Å². The smallest absolute Gasteiger partial charge is 0.344 e. The number of hydrogen-bond donors (Lipinski definition) is 0. The third kappa shape index (κ3) is 4.09. The molecule has 1 heterocycles. The molecule has 0 saturated carbocycles. The van der Waals surface area contributed by atoms with Gasteiger partial charge in [0.1, 0.15) is 5.75 Å². The molecule has 4 rings (SSSR count). The Kier molecular flexibility index (Phi) is 5.59. The van der Waals surface area contributed by atoms with Gasteiger partial charge in [0.15, 0.2) is 0 Å². The third-order valence-corrected chi connectivity index (χ3v) is 5.09. The number of fused-ring (bicyclic) bond motifs is 1. The molecule has 0 aliphatic heterocycles. The highest BCUT2D eigenvalue weighted by atomic mass is 79.9. The number of aromatic nitrogens is 1. The van der Waals surface area contributed by atoms with Crippen molar-refractivity contribution in [2.45, 2.75) is 0 Å². The summed E-state index contributed by atoms with van der Waals surface area (Å²) in [6.07, 6.45) is 0. The van der Waals surface area contributed by atoms with Gasteiger partial charge >= 0.3 is 11.9 Å². The Labute approximate surface area is 181 Å². The molecular weight excluding hydrogens is 446 g/mol. The lowest BCUT2D eigenvalue weighted by atomic mass is 10.0. The van der Waals surface area contributed by atoms with E-state index in [0.717, 1.165) is 10.0 Å². The van der Waals surface area contributed by atoms with E-state index in [-0.39, 0.29) is 0 Å². The molecule has 0 aliphatic rings. The van der Waals surface area contributed by atoms with Gasteiger partial charge in [0, 0.05) is 15.4 Å². The minimum absolute atomic E-state index is 0.332. The van der Waals surface area contributed by atoms with Gasteiger partial charge in [-0.3, -0.25) is 0 Å². The van der Waals surface area contributed by atoms with Crippen LogP contribution in [0.15, 0.2) is 83.3 Å². The SMILES string of the molecule is COC(=O)c1ccc(OC(=O)c2cc(-c3ccc(Br)cc3)nc3ccccc23)cc1. The Balaban J connectivity index is 1.71. The van der Waals surface area contributed by atoms with Crippen LogP contribution in [-0.4, -0.2) is 24.0 Å². The molecule has 0 aliphatic carbocycles. The monoisotopic (exact) mass is 461 g/mol. The molecule has 0 fully saturated rings. The fourth-order valence-corrected chi connectivity index (χ4v) is 3.32. The van der Waals surface area contributed by atoms with Crippen molar-refractivity contribution in [2.75, 3.05) is 7.11 Å². The second-order valence-corrected chi connectivity index (χ2v) is 7.40. The molecule has 6 heteroatoms. The van der Waals surface area contributed by atoms with Crippen molar-refractivity contribution in [1.29, 1.82) is 0 Å². The van der Waals surface area contributed by atoms with Gasteiger partial charge in [-0.15, -0.1) is 0 Å². The Morgan fingerprint density at radius 3 is 2.27 bits per heavy atom.